The quantitative estimate of drug-likeness (QED) is 0.200. The first-order chi connectivity index (χ1) is 26.1. The number of pyridine rings is 2. The lowest BCUT2D eigenvalue weighted by Gasteiger charge is -2.43. The van der Waals surface area contributed by atoms with Crippen molar-refractivity contribution in [3.05, 3.63) is 130 Å². The van der Waals surface area contributed by atoms with Crippen LogP contribution in [0.3, 0.4) is 0 Å². The number of aliphatic hydroxyl groups is 1. The maximum atomic E-state index is 14.2. The van der Waals surface area contributed by atoms with Crippen LogP contribution in [0.25, 0.3) is 11.1 Å². The molecule has 5 N–H and O–H groups in total. The minimum atomic E-state index is -1.25. The summed E-state index contributed by atoms with van der Waals surface area (Å²) in [6.07, 6.45) is 7.43. The molecule has 7 rings (SSSR count). The molecule has 2 fully saturated rings. The van der Waals surface area contributed by atoms with Gasteiger partial charge in [-0.3, -0.25) is 28.9 Å². The van der Waals surface area contributed by atoms with Gasteiger partial charge in [0.1, 0.15) is 12.1 Å². The molecule has 2 aliphatic rings. The molecule has 54 heavy (non-hydrogen) atoms. The van der Waals surface area contributed by atoms with Crippen molar-refractivity contribution in [1.29, 1.82) is 0 Å². The summed E-state index contributed by atoms with van der Waals surface area (Å²) in [5.74, 6) is -0.263. The maximum absolute atomic E-state index is 14.2. The summed E-state index contributed by atoms with van der Waals surface area (Å²) in [6, 6.07) is 22.6. The van der Waals surface area contributed by atoms with E-state index in [4.69, 9.17) is 16.2 Å². The molecule has 0 saturated carbocycles. The Labute approximate surface area is 313 Å². The molecule has 0 bridgehead atoms. The lowest BCUT2D eigenvalue weighted by atomic mass is 9.79. The predicted molar refractivity (Wildman–Crippen MR) is 203 cm³/mol. The molecule has 278 valence electrons. The van der Waals surface area contributed by atoms with Gasteiger partial charge < -0.3 is 31.1 Å². The topological polar surface area (TPSA) is 183 Å². The number of hydrogen-bond acceptors (Lipinski definition) is 10. The Balaban J connectivity index is 1.01. The second kappa shape index (κ2) is 15.6. The fraction of sp³-hybridized carbons (Fsp3) is 0.317. The van der Waals surface area contributed by atoms with Gasteiger partial charge >= 0.3 is 0 Å². The summed E-state index contributed by atoms with van der Waals surface area (Å²) in [6.45, 7) is 3.72. The number of anilines is 1. The van der Waals surface area contributed by atoms with Crippen molar-refractivity contribution in [3.63, 3.8) is 0 Å². The third kappa shape index (κ3) is 7.87. The molecule has 2 aliphatic heterocycles. The van der Waals surface area contributed by atoms with Crippen LogP contribution in [0.4, 0.5) is 5.69 Å². The second-order valence-electron chi connectivity index (χ2n) is 14.2. The molecule has 5 aromatic rings. The zero-order valence-electron chi connectivity index (χ0n) is 30.2. The van der Waals surface area contributed by atoms with E-state index in [1.165, 1.54) is 10.9 Å². The Morgan fingerprint density at radius 3 is 2.39 bits per heavy atom. The molecule has 0 aliphatic carbocycles. The van der Waals surface area contributed by atoms with E-state index in [-0.39, 0.29) is 54.6 Å². The van der Waals surface area contributed by atoms with Gasteiger partial charge in [-0.25, -0.2) is 4.98 Å². The number of nitrogens with zero attached hydrogens (tertiary/aromatic N) is 6. The van der Waals surface area contributed by atoms with Crippen molar-refractivity contribution in [2.45, 2.75) is 50.8 Å². The SMILES string of the molecule is Cc1ccc(-c2cncc(C(=O)N3CC[C@@H](C(=O)N4CCC(O)(Cn5cnc(Oc6ccc(CN)cc6)c(N)c5=O)CC4)[C@H](c4ccccc4)C3)c2)cn1. The summed E-state index contributed by atoms with van der Waals surface area (Å²) in [7, 11) is 0. The molecule has 2 saturated heterocycles. The Kier molecular flexibility index (Phi) is 10.5. The number of hydrogen-bond donors (Lipinski definition) is 3. The number of aryl methyl sites for hydroxylation is 1. The van der Waals surface area contributed by atoms with Crippen LogP contribution in [-0.4, -0.2) is 78.0 Å². The highest BCUT2D eigenvalue weighted by molar-refractivity contribution is 5.95. The molecule has 5 heterocycles. The van der Waals surface area contributed by atoms with Crippen LogP contribution in [0, 0.1) is 12.8 Å². The fourth-order valence-corrected chi connectivity index (χ4v) is 7.35. The Morgan fingerprint density at radius 2 is 1.69 bits per heavy atom. The van der Waals surface area contributed by atoms with Crippen LogP contribution >= 0.6 is 0 Å². The first-order valence-electron chi connectivity index (χ1n) is 18.2. The fourth-order valence-electron chi connectivity index (χ4n) is 7.35. The number of nitrogen functional groups attached to an aromatic ring is 1. The van der Waals surface area contributed by atoms with Gasteiger partial charge in [0.25, 0.3) is 11.5 Å². The van der Waals surface area contributed by atoms with Crippen molar-refractivity contribution in [1.82, 2.24) is 29.3 Å². The van der Waals surface area contributed by atoms with Gasteiger partial charge in [0.2, 0.25) is 11.8 Å². The Hall–Kier alpha value is -5.92. The summed E-state index contributed by atoms with van der Waals surface area (Å²) >= 11 is 0. The van der Waals surface area contributed by atoms with Crippen molar-refractivity contribution < 1.29 is 19.4 Å². The summed E-state index contributed by atoms with van der Waals surface area (Å²) < 4.78 is 7.03. The van der Waals surface area contributed by atoms with E-state index in [9.17, 15) is 19.5 Å². The lowest BCUT2D eigenvalue weighted by Crippen LogP contribution is -2.53. The first-order valence-corrected chi connectivity index (χ1v) is 18.2. The molecular formula is C41H44N8O5. The third-order valence-corrected chi connectivity index (χ3v) is 10.6. The highest BCUT2D eigenvalue weighted by Gasteiger charge is 2.42. The first kappa shape index (κ1) is 36.4. The zero-order chi connectivity index (χ0) is 37.8. The van der Waals surface area contributed by atoms with Gasteiger partial charge in [-0.15, -0.1) is 0 Å². The van der Waals surface area contributed by atoms with Crippen LogP contribution < -0.4 is 21.8 Å². The van der Waals surface area contributed by atoms with Gasteiger partial charge in [0.05, 0.1) is 17.7 Å². The van der Waals surface area contributed by atoms with Gasteiger partial charge in [-0.2, -0.15) is 0 Å². The highest BCUT2D eigenvalue weighted by Crippen LogP contribution is 2.36. The molecule has 2 amide bonds. The number of likely N-dealkylation sites (tertiary alicyclic amines) is 2. The van der Waals surface area contributed by atoms with Gasteiger partial charge in [0.15, 0.2) is 5.69 Å². The Morgan fingerprint density at radius 1 is 0.926 bits per heavy atom. The minimum absolute atomic E-state index is 0.00221. The van der Waals surface area contributed by atoms with E-state index in [0.717, 1.165) is 27.9 Å². The molecule has 0 unspecified atom stereocenters. The van der Waals surface area contributed by atoms with E-state index in [2.05, 4.69) is 15.0 Å². The zero-order valence-corrected chi connectivity index (χ0v) is 30.2. The molecule has 3 aromatic heterocycles. The average molecular weight is 729 g/mol. The summed E-state index contributed by atoms with van der Waals surface area (Å²) in [5.41, 5.74) is 14.9. The van der Waals surface area contributed by atoms with Crippen LogP contribution in [-0.2, 0) is 17.9 Å². The molecule has 0 spiro atoms. The van der Waals surface area contributed by atoms with Gasteiger partial charge in [-0.05, 0) is 61.6 Å². The van der Waals surface area contributed by atoms with Crippen LogP contribution in [0.1, 0.15) is 52.4 Å². The molecule has 13 heteroatoms. The van der Waals surface area contributed by atoms with E-state index < -0.39 is 11.2 Å². The summed E-state index contributed by atoms with van der Waals surface area (Å²) in [5, 5.41) is 11.6. The lowest BCUT2D eigenvalue weighted by molar-refractivity contribution is -0.142. The van der Waals surface area contributed by atoms with Crippen LogP contribution in [0.5, 0.6) is 11.6 Å². The van der Waals surface area contributed by atoms with Gasteiger partial charge in [-0.1, -0.05) is 48.5 Å². The van der Waals surface area contributed by atoms with Gasteiger partial charge in [0, 0.05) is 80.0 Å². The van der Waals surface area contributed by atoms with E-state index >= 15 is 0 Å². The smallest absolute Gasteiger partial charge is 0.280 e. The highest BCUT2D eigenvalue weighted by atomic mass is 16.5. The van der Waals surface area contributed by atoms with Crippen molar-refractivity contribution in [2.75, 3.05) is 31.9 Å². The number of piperidine rings is 2. The number of carbonyl (C=O) groups excluding carboxylic acids is 2. The second-order valence-corrected chi connectivity index (χ2v) is 14.2. The largest absolute Gasteiger partial charge is 0.437 e. The predicted octanol–water partition coefficient (Wildman–Crippen LogP) is 4.14. The summed E-state index contributed by atoms with van der Waals surface area (Å²) in [4.78, 5) is 57.9. The number of carbonyl (C=O) groups is 2. The number of benzene rings is 2. The number of aromatic nitrogens is 4. The van der Waals surface area contributed by atoms with Crippen LogP contribution in [0.2, 0.25) is 0 Å². The molecule has 2 atom stereocenters. The standard InChI is InChI=1S/C41H44N8O5/c1-27-7-10-30(23-45-27)31-19-32(22-44-21-31)38(50)48-16-13-34(35(24-48)29-5-3-2-4-6-29)39(51)47-17-14-41(53,15-18-47)25-49-26-46-37(36(43)40(49)52)54-33-11-8-28(20-42)9-12-33/h2-12,19,21-23,26,34-35,53H,13-18,20,24-25,42-43H2,1H3/t34-,35+/m1/s1. The van der Waals surface area contributed by atoms with E-state index in [1.807, 2.05) is 72.5 Å². The number of nitrogens with two attached hydrogens (primary N) is 2. The maximum Gasteiger partial charge on any atom is 0.280 e. The molecule has 0 radical (unpaired) electrons. The average Bonchev–Trinajstić information content (AvgIpc) is 3.21. The van der Waals surface area contributed by atoms with Crippen molar-refractivity contribution in [2.24, 2.45) is 11.7 Å². The number of ether oxygens (including phenoxy) is 1. The third-order valence-electron chi connectivity index (χ3n) is 10.6. The minimum Gasteiger partial charge on any atom is -0.437 e. The van der Waals surface area contributed by atoms with Crippen LogP contribution in [0.15, 0.2) is 103 Å². The molecule has 2 aromatic carbocycles. The Bertz CT molecular complexity index is 2170. The number of rotatable bonds is 9. The normalized spacial score (nSPS) is 18.3. The molecule has 13 nitrogen and oxygen atoms in total. The van der Waals surface area contributed by atoms with E-state index in [1.54, 1.807) is 35.6 Å². The van der Waals surface area contributed by atoms with E-state index in [0.29, 0.717) is 50.5 Å². The monoisotopic (exact) mass is 728 g/mol. The van der Waals surface area contributed by atoms with Crippen molar-refractivity contribution >= 4 is 17.5 Å². The van der Waals surface area contributed by atoms with Crippen molar-refractivity contribution in [3.8, 4) is 22.8 Å². The number of amides is 2. The molecular weight excluding hydrogens is 685 g/mol.